The monoisotopic (exact) mass is 630 g/mol. The lowest BCUT2D eigenvalue weighted by Gasteiger charge is -2.38. The van der Waals surface area contributed by atoms with Crippen LogP contribution in [0.2, 0.25) is 0 Å². The number of hydrogen-bond acceptors (Lipinski definition) is 6. The molecular weight excluding hydrogens is 584 g/mol. The molecule has 1 aromatic heterocycles. The van der Waals surface area contributed by atoms with E-state index in [9.17, 15) is 19.5 Å². The molecule has 0 bridgehead atoms. The molecule has 0 radical (unpaired) electrons. The zero-order chi connectivity index (χ0) is 32.6. The highest BCUT2D eigenvalue weighted by molar-refractivity contribution is 7.09. The van der Waals surface area contributed by atoms with Crippen molar-refractivity contribution in [3.05, 3.63) is 94.7 Å². The van der Waals surface area contributed by atoms with Crippen molar-refractivity contribution in [3.63, 3.8) is 0 Å². The summed E-state index contributed by atoms with van der Waals surface area (Å²) < 4.78 is 0. The Hall–Kier alpha value is -3.79. The first-order chi connectivity index (χ1) is 21.4. The number of carbonyl (C=O) groups excluding carboxylic acids is 3. The molecule has 45 heavy (non-hydrogen) atoms. The van der Waals surface area contributed by atoms with Gasteiger partial charge in [0.15, 0.2) is 0 Å². The first-order valence-electron chi connectivity index (χ1n) is 15.6. The van der Waals surface area contributed by atoms with Crippen molar-refractivity contribution in [3.8, 4) is 11.1 Å². The standard InChI is InChI=1S/C36H46N4O4S/c1-36(2,37)20-8-13-33(42)38(3)31(24-26-14-16-28(17-15-26)27-10-6-5-7-11-27)34(43)39(4)32(25-30-12-9-23-45-30)35(44)40-21-18-29(41)19-22-40/h5-17,23,29,31-32,41H,18-22,24-25,37H2,1-4H3/t31-,32?/m1/s1. The first-order valence-corrected chi connectivity index (χ1v) is 16.4. The number of benzene rings is 2. The molecule has 1 aliphatic heterocycles. The van der Waals surface area contributed by atoms with Gasteiger partial charge in [0.2, 0.25) is 17.7 Å². The largest absolute Gasteiger partial charge is 0.393 e. The number of likely N-dealkylation sites (tertiary alicyclic amines) is 1. The molecule has 0 saturated carbocycles. The average molecular weight is 631 g/mol. The second-order valence-electron chi connectivity index (χ2n) is 12.6. The van der Waals surface area contributed by atoms with Gasteiger partial charge in [0.1, 0.15) is 12.1 Å². The third kappa shape index (κ3) is 9.60. The van der Waals surface area contributed by atoms with Crippen LogP contribution in [-0.2, 0) is 27.2 Å². The summed E-state index contributed by atoms with van der Waals surface area (Å²) in [5.74, 6) is -0.758. The number of nitrogens with zero attached hydrogens (tertiary/aromatic N) is 3. The number of aliphatic hydroxyl groups excluding tert-OH is 1. The lowest BCUT2D eigenvalue weighted by molar-refractivity contribution is -0.150. The lowest BCUT2D eigenvalue weighted by Crippen LogP contribution is -2.57. The number of rotatable bonds is 12. The van der Waals surface area contributed by atoms with Gasteiger partial charge in [-0.3, -0.25) is 14.4 Å². The molecule has 0 aliphatic carbocycles. The Bertz CT molecular complexity index is 1430. The molecule has 8 nitrogen and oxygen atoms in total. The number of piperidine rings is 1. The van der Waals surface area contributed by atoms with Crippen molar-refractivity contribution < 1.29 is 19.5 Å². The molecule has 1 aliphatic rings. The number of likely N-dealkylation sites (N-methyl/N-ethyl adjacent to an activating group) is 2. The highest BCUT2D eigenvalue weighted by atomic mass is 32.1. The maximum absolute atomic E-state index is 14.4. The Kier molecular flexibility index (Phi) is 11.7. The predicted octanol–water partition coefficient (Wildman–Crippen LogP) is 4.52. The zero-order valence-electron chi connectivity index (χ0n) is 26.8. The van der Waals surface area contributed by atoms with E-state index in [1.807, 2.05) is 86.0 Å². The second kappa shape index (κ2) is 15.5. The number of aliphatic hydroxyl groups is 1. The molecule has 3 aromatic rings. The van der Waals surface area contributed by atoms with Crippen LogP contribution in [0.25, 0.3) is 11.1 Å². The van der Waals surface area contributed by atoms with Gasteiger partial charge < -0.3 is 25.5 Å². The van der Waals surface area contributed by atoms with Crippen molar-refractivity contribution in [1.29, 1.82) is 0 Å². The second-order valence-corrected chi connectivity index (χ2v) is 13.7. The van der Waals surface area contributed by atoms with E-state index in [2.05, 4.69) is 0 Å². The summed E-state index contributed by atoms with van der Waals surface area (Å²) in [4.78, 5) is 47.5. The van der Waals surface area contributed by atoms with E-state index in [1.54, 1.807) is 36.4 Å². The first kappa shape index (κ1) is 34.1. The molecule has 1 fully saturated rings. The molecule has 0 spiro atoms. The smallest absolute Gasteiger partial charge is 0.246 e. The molecule has 3 N–H and O–H groups in total. The summed E-state index contributed by atoms with van der Waals surface area (Å²) >= 11 is 1.54. The van der Waals surface area contributed by atoms with Gasteiger partial charge in [0.25, 0.3) is 0 Å². The molecule has 9 heteroatoms. The van der Waals surface area contributed by atoms with E-state index in [-0.39, 0.29) is 24.1 Å². The maximum atomic E-state index is 14.4. The summed E-state index contributed by atoms with van der Waals surface area (Å²) in [7, 11) is 3.30. The van der Waals surface area contributed by atoms with Crippen LogP contribution in [0.1, 0.15) is 43.6 Å². The zero-order valence-corrected chi connectivity index (χ0v) is 27.6. The van der Waals surface area contributed by atoms with Gasteiger partial charge in [0.05, 0.1) is 6.10 Å². The normalized spacial score (nSPS) is 15.6. The van der Waals surface area contributed by atoms with Crippen LogP contribution in [0.3, 0.4) is 0 Å². The Labute approximate surface area is 271 Å². The van der Waals surface area contributed by atoms with E-state index in [4.69, 9.17) is 5.73 Å². The molecule has 3 amide bonds. The van der Waals surface area contributed by atoms with Gasteiger partial charge >= 0.3 is 0 Å². The van der Waals surface area contributed by atoms with E-state index < -0.39 is 23.7 Å². The third-order valence-electron chi connectivity index (χ3n) is 8.35. The fourth-order valence-corrected chi connectivity index (χ4v) is 6.25. The van der Waals surface area contributed by atoms with Gasteiger partial charge in [-0.2, -0.15) is 0 Å². The van der Waals surface area contributed by atoms with Crippen LogP contribution in [0, 0.1) is 0 Å². The average Bonchev–Trinajstić information content (AvgIpc) is 3.55. The topological polar surface area (TPSA) is 107 Å². The number of carbonyl (C=O) groups is 3. The minimum absolute atomic E-state index is 0.142. The van der Waals surface area contributed by atoms with Gasteiger partial charge in [-0.1, -0.05) is 66.7 Å². The molecule has 1 saturated heterocycles. The SMILES string of the molecule is CN(C(=O)[C@@H](Cc1ccc(-c2ccccc2)cc1)N(C)C(=O)C=CCC(C)(C)N)C(Cc1cccs1)C(=O)N1CCC(O)CC1. The van der Waals surface area contributed by atoms with Gasteiger partial charge in [0, 0.05) is 50.4 Å². The summed E-state index contributed by atoms with van der Waals surface area (Å²) in [6.07, 6.45) is 4.99. The van der Waals surface area contributed by atoms with Crippen LogP contribution in [0.5, 0.6) is 0 Å². The minimum Gasteiger partial charge on any atom is -0.393 e. The van der Waals surface area contributed by atoms with Crippen LogP contribution in [0.4, 0.5) is 0 Å². The Morgan fingerprint density at radius 3 is 2.18 bits per heavy atom. The Morgan fingerprint density at radius 1 is 0.933 bits per heavy atom. The molecule has 4 rings (SSSR count). The molecule has 2 heterocycles. The number of thiophene rings is 1. The lowest BCUT2D eigenvalue weighted by atomic mass is 9.98. The van der Waals surface area contributed by atoms with E-state index in [0.29, 0.717) is 38.8 Å². The van der Waals surface area contributed by atoms with Crippen molar-refractivity contribution >= 4 is 29.1 Å². The van der Waals surface area contributed by atoms with Crippen LogP contribution in [0.15, 0.2) is 84.3 Å². The molecule has 1 unspecified atom stereocenters. The quantitative estimate of drug-likeness (QED) is 0.286. The maximum Gasteiger partial charge on any atom is 0.246 e. The Morgan fingerprint density at radius 2 is 1.58 bits per heavy atom. The van der Waals surface area contributed by atoms with Crippen LogP contribution in [-0.4, -0.2) is 88.4 Å². The van der Waals surface area contributed by atoms with Gasteiger partial charge in [-0.25, -0.2) is 0 Å². The molecule has 240 valence electrons. The van der Waals surface area contributed by atoms with Crippen LogP contribution >= 0.6 is 11.3 Å². The van der Waals surface area contributed by atoms with Crippen molar-refractivity contribution in [2.45, 2.75) is 69.7 Å². The highest BCUT2D eigenvalue weighted by Gasteiger charge is 2.37. The fraction of sp³-hybridized carbons (Fsp3) is 0.417. The van der Waals surface area contributed by atoms with E-state index >= 15 is 0 Å². The van der Waals surface area contributed by atoms with E-state index in [0.717, 1.165) is 21.6 Å². The predicted molar refractivity (Wildman–Crippen MR) is 181 cm³/mol. The number of amides is 3. The molecular formula is C36H46N4O4S. The van der Waals surface area contributed by atoms with E-state index in [1.165, 1.54) is 15.9 Å². The molecule has 2 atom stereocenters. The summed E-state index contributed by atoms with van der Waals surface area (Å²) in [6.45, 7) is 4.67. The van der Waals surface area contributed by atoms with Gasteiger partial charge in [-0.15, -0.1) is 11.3 Å². The summed E-state index contributed by atoms with van der Waals surface area (Å²) in [5.41, 5.74) is 8.69. The molecule has 2 aromatic carbocycles. The summed E-state index contributed by atoms with van der Waals surface area (Å²) in [5, 5.41) is 12.0. The van der Waals surface area contributed by atoms with Crippen molar-refractivity contribution in [2.75, 3.05) is 27.2 Å². The van der Waals surface area contributed by atoms with Crippen LogP contribution < -0.4 is 5.73 Å². The third-order valence-corrected chi connectivity index (χ3v) is 9.24. The highest BCUT2D eigenvalue weighted by Crippen LogP contribution is 2.23. The number of hydrogen-bond donors (Lipinski definition) is 2. The summed E-state index contributed by atoms with van der Waals surface area (Å²) in [6, 6.07) is 20.4. The fourth-order valence-electron chi connectivity index (χ4n) is 5.51. The number of nitrogens with two attached hydrogens (primary N) is 1. The van der Waals surface area contributed by atoms with Crippen molar-refractivity contribution in [2.24, 2.45) is 5.73 Å². The Balaban J connectivity index is 1.61. The minimum atomic E-state index is -0.845. The van der Waals surface area contributed by atoms with Gasteiger partial charge in [-0.05, 0) is 67.3 Å². The van der Waals surface area contributed by atoms with Crippen molar-refractivity contribution in [1.82, 2.24) is 14.7 Å².